The molecule has 0 saturated carbocycles. The highest BCUT2D eigenvalue weighted by Crippen LogP contribution is 2.28. The molecule has 0 radical (unpaired) electrons. The molecule has 5 nitrogen and oxygen atoms in total. The average Bonchev–Trinajstić information content (AvgIpc) is 2.93. The first-order valence-electron chi connectivity index (χ1n) is 5.20. The molecule has 0 saturated heterocycles. The van der Waals surface area contributed by atoms with Gasteiger partial charge in [-0.3, -0.25) is 0 Å². The maximum Gasteiger partial charge on any atom is 0.335 e. The molecule has 1 aromatic carbocycles. The fraction of sp³-hybridized carbons (Fsp3) is 0.0833. The summed E-state index contributed by atoms with van der Waals surface area (Å²) < 4.78 is 5.57. The molecule has 0 aliphatic heterocycles. The van der Waals surface area contributed by atoms with Crippen molar-refractivity contribution in [2.24, 2.45) is 0 Å². The Hall–Kier alpha value is -2.21. The zero-order chi connectivity index (χ0) is 12.7. The molecule has 2 heterocycles. The summed E-state index contributed by atoms with van der Waals surface area (Å²) in [5.41, 5.74) is 1.31. The van der Waals surface area contributed by atoms with Crippen LogP contribution in [0.25, 0.3) is 21.9 Å². The summed E-state index contributed by atoms with van der Waals surface area (Å²) in [6.07, 6.45) is 1.70. The fourth-order valence-electron chi connectivity index (χ4n) is 1.63. The lowest BCUT2D eigenvalue weighted by Gasteiger charge is -1.91. The van der Waals surface area contributed by atoms with Crippen LogP contribution in [-0.2, 0) is 0 Å². The molecule has 90 valence electrons. The molecule has 0 atom stereocenters. The fourth-order valence-corrected chi connectivity index (χ4v) is 2.33. The standard InChI is InChI=1S/C12H8N2O3S/c1-6-13-5-10(18-6)11-14-8-4-7(12(15)16)2-3-9(8)17-11/h2-5H,1H3,(H,15,16). The van der Waals surface area contributed by atoms with Crippen LogP contribution in [0.4, 0.5) is 0 Å². The molecule has 3 rings (SSSR count). The lowest BCUT2D eigenvalue weighted by Crippen LogP contribution is -1.94. The third kappa shape index (κ3) is 1.76. The van der Waals surface area contributed by atoms with E-state index in [-0.39, 0.29) is 5.56 Å². The second-order valence-electron chi connectivity index (χ2n) is 3.75. The van der Waals surface area contributed by atoms with Gasteiger partial charge in [-0.25, -0.2) is 14.8 Å². The Balaban J connectivity index is 2.13. The number of carbonyl (C=O) groups is 1. The van der Waals surface area contributed by atoms with Crippen LogP contribution >= 0.6 is 11.3 Å². The first-order valence-corrected chi connectivity index (χ1v) is 6.02. The van der Waals surface area contributed by atoms with E-state index in [2.05, 4.69) is 9.97 Å². The predicted molar refractivity (Wildman–Crippen MR) is 66.8 cm³/mol. The highest BCUT2D eigenvalue weighted by atomic mass is 32.1. The molecule has 0 bridgehead atoms. The predicted octanol–water partition coefficient (Wildman–Crippen LogP) is 2.96. The van der Waals surface area contributed by atoms with Crippen molar-refractivity contribution in [3.05, 3.63) is 35.0 Å². The normalized spacial score (nSPS) is 10.9. The summed E-state index contributed by atoms with van der Waals surface area (Å²) in [5.74, 6) is -0.506. The lowest BCUT2D eigenvalue weighted by atomic mass is 10.2. The van der Waals surface area contributed by atoms with Crippen molar-refractivity contribution in [2.45, 2.75) is 6.92 Å². The Labute approximate surface area is 106 Å². The number of rotatable bonds is 2. The van der Waals surface area contributed by atoms with Gasteiger partial charge in [-0.05, 0) is 25.1 Å². The monoisotopic (exact) mass is 260 g/mol. The molecular formula is C12H8N2O3S. The number of carboxylic acid groups (broad SMARTS) is 1. The molecule has 0 fully saturated rings. The van der Waals surface area contributed by atoms with E-state index >= 15 is 0 Å². The largest absolute Gasteiger partial charge is 0.478 e. The zero-order valence-electron chi connectivity index (χ0n) is 9.38. The van der Waals surface area contributed by atoms with Crippen molar-refractivity contribution < 1.29 is 14.3 Å². The van der Waals surface area contributed by atoms with Gasteiger partial charge in [0.2, 0.25) is 5.89 Å². The van der Waals surface area contributed by atoms with Gasteiger partial charge in [0.15, 0.2) is 5.58 Å². The smallest absolute Gasteiger partial charge is 0.335 e. The molecule has 2 aromatic heterocycles. The molecular weight excluding hydrogens is 252 g/mol. The molecule has 1 N–H and O–H groups in total. The van der Waals surface area contributed by atoms with Crippen LogP contribution in [0.2, 0.25) is 0 Å². The van der Waals surface area contributed by atoms with Crippen LogP contribution in [0.5, 0.6) is 0 Å². The van der Waals surface area contributed by atoms with E-state index in [9.17, 15) is 4.79 Å². The van der Waals surface area contributed by atoms with Crippen molar-refractivity contribution in [2.75, 3.05) is 0 Å². The van der Waals surface area contributed by atoms with Gasteiger partial charge in [0.1, 0.15) is 10.4 Å². The molecule has 0 spiro atoms. The van der Waals surface area contributed by atoms with Crippen molar-refractivity contribution in [3.8, 4) is 10.8 Å². The third-order valence-electron chi connectivity index (χ3n) is 2.47. The first-order chi connectivity index (χ1) is 8.63. The Morgan fingerprint density at radius 1 is 1.44 bits per heavy atom. The van der Waals surface area contributed by atoms with Crippen molar-refractivity contribution >= 4 is 28.4 Å². The second kappa shape index (κ2) is 3.92. The van der Waals surface area contributed by atoms with Gasteiger partial charge < -0.3 is 9.52 Å². The van der Waals surface area contributed by atoms with Gasteiger partial charge in [-0.1, -0.05) is 0 Å². The van der Waals surface area contributed by atoms with Crippen LogP contribution in [0.1, 0.15) is 15.4 Å². The summed E-state index contributed by atoms with van der Waals surface area (Å²) in [5, 5.41) is 9.83. The molecule has 0 aliphatic carbocycles. The van der Waals surface area contributed by atoms with E-state index in [1.54, 1.807) is 12.3 Å². The number of carboxylic acids is 1. The number of aromatic carboxylic acids is 1. The molecule has 0 amide bonds. The van der Waals surface area contributed by atoms with Gasteiger partial charge in [-0.15, -0.1) is 11.3 Å². The van der Waals surface area contributed by atoms with Crippen molar-refractivity contribution in [3.63, 3.8) is 0 Å². The Morgan fingerprint density at radius 3 is 2.94 bits per heavy atom. The molecule has 0 unspecified atom stereocenters. The number of aromatic nitrogens is 2. The van der Waals surface area contributed by atoms with E-state index in [1.165, 1.54) is 23.5 Å². The Bertz CT molecular complexity index is 745. The number of fused-ring (bicyclic) bond motifs is 1. The van der Waals surface area contributed by atoms with E-state index in [1.807, 2.05) is 6.92 Å². The summed E-state index contributed by atoms with van der Waals surface area (Å²) in [4.78, 5) is 20.1. The number of oxazole rings is 1. The number of nitrogens with zero attached hydrogens (tertiary/aromatic N) is 2. The van der Waals surface area contributed by atoms with Gasteiger partial charge in [0.25, 0.3) is 0 Å². The minimum atomic E-state index is -0.977. The topological polar surface area (TPSA) is 76.2 Å². The maximum atomic E-state index is 10.9. The van der Waals surface area contributed by atoms with Crippen LogP contribution < -0.4 is 0 Å². The number of benzene rings is 1. The minimum Gasteiger partial charge on any atom is -0.478 e. The maximum absolute atomic E-state index is 10.9. The third-order valence-corrected chi connectivity index (χ3v) is 3.37. The van der Waals surface area contributed by atoms with E-state index in [0.29, 0.717) is 17.0 Å². The molecule has 0 aliphatic rings. The van der Waals surface area contributed by atoms with Gasteiger partial charge in [0, 0.05) is 0 Å². The van der Waals surface area contributed by atoms with Gasteiger partial charge >= 0.3 is 5.97 Å². The quantitative estimate of drug-likeness (QED) is 0.766. The number of hydrogen-bond acceptors (Lipinski definition) is 5. The van der Waals surface area contributed by atoms with Gasteiger partial charge in [-0.2, -0.15) is 0 Å². The Morgan fingerprint density at radius 2 is 2.28 bits per heavy atom. The summed E-state index contributed by atoms with van der Waals surface area (Å²) in [6, 6.07) is 4.61. The highest BCUT2D eigenvalue weighted by molar-refractivity contribution is 7.14. The summed E-state index contributed by atoms with van der Waals surface area (Å²) in [6.45, 7) is 1.90. The second-order valence-corrected chi connectivity index (χ2v) is 4.98. The van der Waals surface area contributed by atoms with Crippen LogP contribution in [0.15, 0.2) is 28.8 Å². The number of thiazole rings is 1. The van der Waals surface area contributed by atoms with Gasteiger partial charge in [0.05, 0.1) is 16.8 Å². The van der Waals surface area contributed by atoms with Crippen LogP contribution in [-0.4, -0.2) is 21.0 Å². The van der Waals surface area contributed by atoms with E-state index in [0.717, 1.165) is 9.88 Å². The number of hydrogen-bond donors (Lipinski definition) is 1. The Kier molecular flexibility index (Phi) is 2.38. The zero-order valence-corrected chi connectivity index (χ0v) is 10.2. The average molecular weight is 260 g/mol. The first kappa shape index (κ1) is 10.9. The van der Waals surface area contributed by atoms with Crippen LogP contribution in [0, 0.1) is 6.92 Å². The number of aryl methyl sites for hydroxylation is 1. The van der Waals surface area contributed by atoms with Crippen molar-refractivity contribution in [1.29, 1.82) is 0 Å². The summed E-state index contributed by atoms with van der Waals surface area (Å²) in [7, 11) is 0. The SMILES string of the molecule is Cc1ncc(-c2nc3cc(C(=O)O)ccc3o2)s1. The minimum absolute atomic E-state index is 0.197. The highest BCUT2D eigenvalue weighted by Gasteiger charge is 2.12. The summed E-state index contributed by atoms with van der Waals surface area (Å²) >= 11 is 1.48. The lowest BCUT2D eigenvalue weighted by molar-refractivity contribution is 0.0697. The van der Waals surface area contributed by atoms with E-state index < -0.39 is 5.97 Å². The van der Waals surface area contributed by atoms with Crippen LogP contribution in [0.3, 0.4) is 0 Å². The van der Waals surface area contributed by atoms with E-state index in [4.69, 9.17) is 9.52 Å². The molecule has 6 heteroatoms. The van der Waals surface area contributed by atoms with Crippen molar-refractivity contribution in [1.82, 2.24) is 9.97 Å². The molecule has 18 heavy (non-hydrogen) atoms. The molecule has 3 aromatic rings.